The zero-order valence-corrected chi connectivity index (χ0v) is 14.5. The maximum absolute atomic E-state index is 5.84. The number of benzene rings is 1. The Morgan fingerprint density at radius 2 is 2.00 bits per heavy atom. The Hall–Kier alpha value is -2.15. The lowest BCUT2D eigenvalue weighted by atomic mass is 10.2. The van der Waals surface area contributed by atoms with Crippen molar-refractivity contribution in [1.29, 1.82) is 0 Å². The molecular formula is C16H18BrN5O. The van der Waals surface area contributed by atoms with Crippen LogP contribution in [0.2, 0.25) is 0 Å². The number of anilines is 1. The molecule has 2 aromatic heterocycles. The van der Waals surface area contributed by atoms with Crippen molar-refractivity contribution in [1.82, 2.24) is 20.2 Å². The Bertz CT molecular complexity index is 750. The third-order valence-electron chi connectivity index (χ3n) is 3.38. The maximum atomic E-state index is 5.84. The average molecular weight is 376 g/mol. The number of rotatable bonds is 7. The lowest BCUT2D eigenvalue weighted by Crippen LogP contribution is -2.03. The van der Waals surface area contributed by atoms with Gasteiger partial charge in [-0.05, 0) is 35.9 Å². The zero-order valence-electron chi connectivity index (χ0n) is 12.9. The lowest BCUT2D eigenvalue weighted by Gasteiger charge is -1.99. The van der Waals surface area contributed by atoms with Gasteiger partial charge < -0.3 is 9.73 Å². The summed E-state index contributed by atoms with van der Waals surface area (Å²) in [6.07, 6.45) is 2.15. The molecule has 0 fully saturated rings. The second kappa shape index (κ2) is 7.41. The van der Waals surface area contributed by atoms with E-state index in [4.69, 9.17) is 4.42 Å². The van der Waals surface area contributed by atoms with Gasteiger partial charge >= 0.3 is 0 Å². The van der Waals surface area contributed by atoms with Crippen LogP contribution in [0, 0.1) is 0 Å². The van der Waals surface area contributed by atoms with Crippen LogP contribution >= 0.6 is 15.9 Å². The summed E-state index contributed by atoms with van der Waals surface area (Å²) in [6.45, 7) is 3.45. The number of hydrogen-bond acceptors (Lipinski definition) is 5. The summed E-state index contributed by atoms with van der Waals surface area (Å²) in [5.41, 5.74) is 1.04. The van der Waals surface area contributed by atoms with Gasteiger partial charge in [0.1, 0.15) is 11.5 Å². The molecule has 0 saturated heterocycles. The number of tetrazole rings is 1. The van der Waals surface area contributed by atoms with Crippen LogP contribution < -0.4 is 5.32 Å². The van der Waals surface area contributed by atoms with Gasteiger partial charge in [0.2, 0.25) is 0 Å². The number of nitrogens with zero attached hydrogens (tertiary/aromatic N) is 4. The van der Waals surface area contributed by atoms with Crippen LogP contribution in [0.15, 0.2) is 45.3 Å². The molecule has 6 nitrogen and oxygen atoms in total. The first kappa shape index (κ1) is 15.7. The third kappa shape index (κ3) is 4.19. The quantitative estimate of drug-likeness (QED) is 0.672. The Morgan fingerprint density at radius 3 is 2.78 bits per heavy atom. The summed E-state index contributed by atoms with van der Waals surface area (Å²) < 4.78 is 6.89. The van der Waals surface area contributed by atoms with E-state index in [-0.39, 0.29) is 0 Å². The molecule has 0 radical (unpaired) electrons. The Balaban J connectivity index is 1.58. The van der Waals surface area contributed by atoms with Gasteiger partial charge in [0, 0.05) is 10.0 Å². The first-order chi connectivity index (χ1) is 11.2. The first-order valence-corrected chi connectivity index (χ1v) is 8.40. The molecule has 0 aliphatic heterocycles. The summed E-state index contributed by atoms with van der Waals surface area (Å²) in [6, 6.07) is 11.9. The van der Waals surface area contributed by atoms with Crippen molar-refractivity contribution in [3.8, 4) is 11.3 Å². The van der Waals surface area contributed by atoms with E-state index in [1.165, 1.54) is 0 Å². The van der Waals surface area contributed by atoms with Gasteiger partial charge in [-0.3, -0.25) is 0 Å². The molecule has 0 aliphatic carbocycles. The van der Waals surface area contributed by atoms with Crippen LogP contribution in [0.25, 0.3) is 11.3 Å². The Labute approximate surface area is 143 Å². The van der Waals surface area contributed by atoms with Gasteiger partial charge in [-0.2, -0.15) is 4.80 Å². The highest BCUT2D eigenvalue weighted by molar-refractivity contribution is 9.10. The number of aromatic nitrogens is 4. The fraction of sp³-hybridized carbons (Fsp3) is 0.312. The number of hydrogen-bond donors (Lipinski definition) is 1. The molecule has 2 heterocycles. The van der Waals surface area contributed by atoms with E-state index in [2.05, 4.69) is 43.6 Å². The fourth-order valence-electron chi connectivity index (χ4n) is 2.12. The standard InChI is InChI=1S/C16H18BrN5O/c1-2-3-10-22-20-16(19-21-22)18-11-14-8-9-15(23-14)12-4-6-13(17)7-5-12/h4-9H,2-3,10-11H2,1H3,(H,18,20). The van der Waals surface area contributed by atoms with Gasteiger partial charge in [0.05, 0.1) is 13.1 Å². The molecular weight excluding hydrogens is 358 g/mol. The number of halogens is 1. The molecule has 0 bridgehead atoms. The van der Waals surface area contributed by atoms with Crippen molar-refractivity contribution in [2.24, 2.45) is 0 Å². The van der Waals surface area contributed by atoms with Crippen molar-refractivity contribution < 1.29 is 4.42 Å². The van der Waals surface area contributed by atoms with E-state index in [1.54, 1.807) is 4.80 Å². The highest BCUT2D eigenvalue weighted by Crippen LogP contribution is 2.24. The largest absolute Gasteiger partial charge is 0.459 e. The van der Waals surface area contributed by atoms with Crippen molar-refractivity contribution in [2.75, 3.05) is 5.32 Å². The molecule has 0 aliphatic rings. The summed E-state index contributed by atoms with van der Waals surface area (Å²) >= 11 is 3.43. The smallest absolute Gasteiger partial charge is 0.263 e. The molecule has 0 atom stereocenters. The van der Waals surface area contributed by atoms with Crippen molar-refractivity contribution in [2.45, 2.75) is 32.9 Å². The summed E-state index contributed by atoms with van der Waals surface area (Å²) in [5.74, 6) is 2.18. The van der Waals surface area contributed by atoms with Crippen LogP contribution in [0.5, 0.6) is 0 Å². The minimum Gasteiger partial charge on any atom is -0.459 e. The Morgan fingerprint density at radius 1 is 1.17 bits per heavy atom. The van der Waals surface area contributed by atoms with Crippen LogP contribution in [0.4, 0.5) is 5.95 Å². The molecule has 0 saturated carbocycles. The number of unbranched alkanes of at least 4 members (excludes halogenated alkanes) is 1. The summed E-state index contributed by atoms with van der Waals surface area (Å²) in [5, 5.41) is 15.4. The highest BCUT2D eigenvalue weighted by Gasteiger charge is 2.07. The van der Waals surface area contributed by atoms with Gasteiger partial charge in [-0.15, -0.1) is 5.10 Å². The van der Waals surface area contributed by atoms with Crippen LogP contribution in [-0.2, 0) is 13.1 Å². The molecule has 0 amide bonds. The molecule has 7 heteroatoms. The number of furan rings is 1. The predicted octanol–water partition coefficient (Wildman–Crippen LogP) is 4.11. The van der Waals surface area contributed by atoms with E-state index in [1.807, 2.05) is 36.4 Å². The number of nitrogens with one attached hydrogen (secondary N) is 1. The maximum Gasteiger partial charge on any atom is 0.263 e. The molecule has 120 valence electrons. The normalized spacial score (nSPS) is 10.9. The topological polar surface area (TPSA) is 68.8 Å². The minimum absolute atomic E-state index is 0.516. The van der Waals surface area contributed by atoms with Gasteiger partial charge in [-0.25, -0.2) is 0 Å². The first-order valence-electron chi connectivity index (χ1n) is 7.61. The molecule has 3 aromatic rings. The van der Waals surface area contributed by atoms with E-state index in [0.717, 1.165) is 40.9 Å². The van der Waals surface area contributed by atoms with Crippen LogP contribution in [0.1, 0.15) is 25.5 Å². The van der Waals surface area contributed by atoms with Crippen molar-refractivity contribution in [3.63, 3.8) is 0 Å². The molecule has 23 heavy (non-hydrogen) atoms. The lowest BCUT2D eigenvalue weighted by molar-refractivity contribution is 0.496. The average Bonchev–Trinajstić information content (AvgIpc) is 3.21. The molecule has 0 spiro atoms. The second-order valence-electron chi connectivity index (χ2n) is 5.19. The summed E-state index contributed by atoms with van der Waals surface area (Å²) in [4.78, 5) is 1.61. The van der Waals surface area contributed by atoms with Gasteiger partial charge in [0.15, 0.2) is 0 Å². The van der Waals surface area contributed by atoms with E-state index < -0.39 is 0 Å². The SMILES string of the molecule is CCCCn1nnc(NCc2ccc(-c3ccc(Br)cc3)o2)n1. The van der Waals surface area contributed by atoms with Crippen LogP contribution in [0.3, 0.4) is 0 Å². The molecule has 0 unspecified atom stereocenters. The predicted molar refractivity (Wildman–Crippen MR) is 91.9 cm³/mol. The van der Waals surface area contributed by atoms with E-state index in [9.17, 15) is 0 Å². The minimum atomic E-state index is 0.516. The number of aryl methyl sites for hydroxylation is 1. The Kier molecular flexibility index (Phi) is 5.07. The zero-order chi connectivity index (χ0) is 16.1. The monoisotopic (exact) mass is 375 g/mol. The summed E-state index contributed by atoms with van der Waals surface area (Å²) in [7, 11) is 0. The van der Waals surface area contributed by atoms with Gasteiger partial charge in [0.25, 0.3) is 5.95 Å². The van der Waals surface area contributed by atoms with E-state index >= 15 is 0 Å². The van der Waals surface area contributed by atoms with E-state index in [0.29, 0.717) is 12.5 Å². The van der Waals surface area contributed by atoms with Crippen LogP contribution in [-0.4, -0.2) is 20.2 Å². The molecule has 1 aromatic carbocycles. The second-order valence-corrected chi connectivity index (χ2v) is 6.10. The van der Waals surface area contributed by atoms with Gasteiger partial charge in [-0.1, -0.05) is 46.5 Å². The third-order valence-corrected chi connectivity index (χ3v) is 3.90. The molecule has 3 rings (SSSR count). The van der Waals surface area contributed by atoms with Crippen molar-refractivity contribution in [3.05, 3.63) is 46.6 Å². The molecule has 1 N–H and O–H groups in total. The van der Waals surface area contributed by atoms with Crippen molar-refractivity contribution >= 4 is 21.9 Å². The fourth-order valence-corrected chi connectivity index (χ4v) is 2.38. The highest BCUT2D eigenvalue weighted by atomic mass is 79.9.